The molecule has 3 aromatic rings. The van der Waals surface area contributed by atoms with Gasteiger partial charge in [-0.15, -0.1) is 0 Å². The van der Waals surface area contributed by atoms with Crippen LogP contribution in [0.25, 0.3) is 12.2 Å². The summed E-state index contributed by atoms with van der Waals surface area (Å²) < 4.78 is 10.6. The first-order valence-corrected chi connectivity index (χ1v) is 10.6. The summed E-state index contributed by atoms with van der Waals surface area (Å²) in [5.41, 5.74) is 0.245. The van der Waals surface area contributed by atoms with E-state index in [1.54, 1.807) is 18.2 Å². The maximum Gasteiger partial charge on any atom is 0.331 e. The number of methoxy groups -OCH3 is 1. The van der Waals surface area contributed by atoms with Crippen LogP contribution in [-0.2, 0) is 4.79 Å². The minimum absolute atomic E-state index is 0.0302. The van der Waals surface area contributed by atoms with Crippen molar-refractivity contribution in [1.82, 2.24) is 4.90 Å². The first-order chi connectivity index (χ1) is 17.7. The molecule has 12 heteroatoms. The molecule has 0 radical (unpaired) electrons. The first-order valence-electron chi connectivity index (χ1n) is 10.6. The number of imide groups is 1. The number of carbonyl (C=O) groups excluding carboxylic acids is 3. The van der Waals surface area contributed by atoms with Crippen LogP contribution in [0.4, 0.5) is 11.4 Å². The Morgan fingerprint density at radius 2 is 1.57 bits per heavy atom. The Morgan fingerprint density at radius 3 is 2.16 bits per heavy atom. The van der Waals surface area contributed by atoms with Crippen LogP contribution in [0, 0.1) is 20.2 Å². The number of non-ortho nitro benzene ring substituents is 1. The number of benzene rings is 3. The smallest absolute Gasteiger partial charge is 0.331 e. The van der Waals surface area contributed by atoms with Crippen molar-refractivity contribution in [3.8, 4) is 11.5 Å². The molecule has 0 unspecified atom stereocenters. The minimum atomic E-state index is -0.863. The molecule has 186 valence electrons. The largest absolute Gasteiger partial charge is 0.493 e. The molecule has 1 aliphatic rings. The maximum atomic E-state index is 12.5. The molecule has 0 aromatic heterocycles. The predicted molar refractivity (Wildman–Crippen MR) is 129 cm³/mol. The van der Waals surface area contributed by atoms with Crippen LogP contribution in [0.2, 0.25) is 0 Å². The van der Waals surface area contributed by atoms with E-state index < -0.39 is 45.5 Å². The molecule has 0 N–H and O–H groups in total. The number of hydrogen-bond donors (Lipinski definition) is 0. The van der Waals surface area contributed by atoms with Gasteiger partial charge in [-0.05, 0) is 42.0 Å². The molecule has 0 saturated carbocycles. The van der Waals surface area contributed by atoms with Gasteiger partial charge < -0.3 is 9.47 Å². The summed E-state index contributed by atoms with van der Waals surface area (Å²) in [5.74, 6) is -1.87. The second-order valence-corrected chi connectivity index (χ2v) is 7.72. The van der Waals surface area contributed by atoms with E-state index in [1.165, 1.54) is 49.6 Å². The Morgan fingerprint density at radius 1 is 0.892 bits per heavy atom. The summed E-state index contributed by atoms with van der Waals surface area (Å²) >= 11 is 0. The van der Waals surface area contributed by atoms with Crippen LogP contribution >= 0.6 is 0 Å². The number of hydrogen-bond acceptors (Lipinski definition) is 9. The average Bonchev–Trinajstić information content (AvgIpc) is 3.12. The number of nitro groups is 2. The maximum absolute atomic E-state index is 12.5. The molecular formula is C25H17N3O9. The molecular weight excluding hydrogens is 486 g/mol. The summed E-state index contributed by atoms with van der Waals surface area (Å²) in [6, 6.07) is 14.0. The van der Waals surface area contributed by atoms with E-state index in [0.717, 1.165) is 17.0 Å². The van der Waals surface area contributed by atoms with E-state index >= 15 is 0 Å². The lowest BCUT2D eigenvalue weighted by Crippen LogP contribution is -2.36. The van der Waals surface area contributed by atoms with Crippen molar-refractivity contribution in [2.45, 2.75) is 0 Å². The van der Waals surface area contributed by atoms with Gasteiger partial charge in [0.05, 0.1) is 39.7 Å². The normalized spacial score (nSPS) is 12.5. The number of amides is 2. The highest BCUT2D eigenvalue weighted by Gasteiger charge is 2.36. The molecule has 0 aliphatic carbocycles. The molecule has 0 spiro atoms. The molecule has 0 saturated heterocycles. The fourth-order valence-corrected chi connectivity index (χ4v) is 3.67. The third-order valence-electron chi connectivity index (χ3n) is 5.45. The Kier molecular flexibility index (Phi) is 6.73. The number of nitro benzene ring substituents is 2. The van der Waals surface area contributed by atoms with E-state index in [1.807, 2.05) is 0 Å². The van der Waals surface area contributed by atoms with Gasteiger partial charge in [0, 0.05) is 6.07 Å². The third-order valence-corrected chi connectivity index (χ3v) is 5.45. The molecule has 3 aromatic carbocycles. The fraction of sp³-hybridized carbons (Fsp3) is 0.0800. The molecule has 12 nitrogen and oxygen atoms in total. The fourth-order valence-electron chi connectivity index (χ4n) is 3.67. The number of nitrogens with zero attached hydrogens (tertiary/aromatic N) is 3. The van der Waals surface area contributed by atoms with E-state index in [-0.39, 0.29) is 28.2 Å². The zero-order chi connectivity index (χ0) is 26.7. The standard InChI is InChI=1S/C25H17N3O9/c1-36-22-12-15(6-8-16-9-10-17(27(32)33)13-20(16)28(34)35)7-11-21(22)37-23(29)14-26-24(30)18-4-2-3-5-19(18)25(26)31/h2-13H,14H2,1H3. The molecule has 4 rings (SSSR count). The van der Waals surface area contributed by atoms with Crippen molar-refractivity contribution in [3.63, 3.8) is 0 Å². The molecule has 1 heterocycles. The van der Waals surface area contributed by atoms with E-state index in [9.17, 15) is 34.6 Å². The van der Waals surface area contributed by atoms with Gasteiger partial charge in [0.25, 0.3) is 23.2 Å². The molecule has 37 heavy (non-hydrogen) atoms. The molecule has 2 amide bonds. The lowest BCUT2D eigenvalue weighted by molar-refractivity contribution is -0.394. The Bertz CT molecular complexity index is 1460. The van der Waals surface area contributed by atoms with Gasteiger partial charge in [0.2, 0.25) is 0 Å². The highest BCUT2D eigenvalue weighted by atomic mass is 16.6. The van der Waals surface area contributed by atoms with Crippen molar-refractivity contribution in [3.05, 3.63) is 103 Å². The summed E-state index contributed by atoms with van der Waals surface area (Å²) in [4.78, 5) is 59.0. The third kappa shape index (κ3) is 5.03. The lowest BCUT2D eigenvalue weighted by atomic mass is 10.1. The topological polar surface area (TPSA) is 159 Å². The number of rotatable bonds is 8. The lowest BCUT2D eigenvalue weighted by Gasteiger charge is -2.14. The van der Waals surface area contributed by atoms with E-state index in [4.69, 9.17) is 9.47 Å². The first kappa shape index (κ1) is 24.7. The molecule has 0 fully saturated rings. The second kappa shape index (κ2) is 10.1. The van der Waals surface area contributed by atoms with Crippen LogP contribution in [0.5, 0.6) is 11.5 Å². The van der Waals surface area contributed by atoms with Crippen molar-refractivity contribution in [2.75, 3.05) is 13.7 Å². The van der Waals surface area contributed by atoms with Gasteiger partial charge in [-0.1, -0.05) is 24.3 Å². The van der Waals surface area contributed by atoms with Crippen LogP contribution in [0.1, 0.15) is 31.8 Å². The quantitative estimate of drug-likeness (QED) is 0.111. The van der Waals surface area contributed by atoms with Gasteiger partial charge >= 0.3 is 5.97 Å². The zero-order valence-corrected chi connectivity index (χ0v) is 19.2. The Hall–Kier alpha value is -5.39. The summed E-state index contributed by atoms with van der Waals surface area (Å²) in [6.45, 7) is -0.596. The summed E-state index contributed by atoms with van der Waals surface area (Å²) in [5, 5.41) is 22.2. The van der Waals surface area contributed by atoms with Crippen molar-refractivity contribution in [2.24, 2.45) is 0 Å². The van der Waals surface area contributed by atoms with Gasteiger partial charge in [0.1, 0.15) is 6.54 Å². The summed E-state index contributed by atoms with van der Waals surface area (Å²) in [7, 11) is 1.34. The van der Waals surface area contributed by atoms with Crippen molar-refractivity contribution in [1.29, 1.82) is 0 Å². The van der Waals surface area contributed by atoms with Crippen molar-refractivity contribution >= 4 is 41.3 Å². The highest BCUT2D eigenvalue weighted by molar-refractivity contribution is 6.22. The Labute approximate surface area is 208 Å². The number of fused-ring (bicyclic) bond motifs is 1. The van der Waals surface area contributed by atoms with E-state index in [2.05, 4.69) is 0 Å². The van der Waals surface area contributed by atoms with Crippen molar-refractivity contribution < 1.29 is 33.7 Å². The monoisotopic (exact) mass is 503 g/mol. The molecule has 0 atom stereocenters. The average molecular weight is 503 g/mol. The van der Waals surface area contributed by atoms with Crippen LogP contribution in [0.3, 0.4) is 0 Å². The number of ether oxygens (including phenoxy) is 2. The van der Waals surface area contributed by atoms with Crippen LogP contribution in [-0.4, -0.2) is 46.2 Å². The van der Waals surface area contributed by atoms with Gasteiger partial charge in [-0.25, -0.2) is 4.79 Å². The SMILES string of the molecule is COc1cc(C=Cc2ccc([N+](=O)[O-])cc2[N+](=O)[O-])ccc1OC(=O)CN1C(=O)c2ccccc2C1=O. The molecule has 0 bridgehead atoms. The Balaban J connectivity index is 1.49. The zero-order valence-electron chi connectivity index (χ0n) is 19.2. The van der Waals surface area contributed by atoms with Gasteiger partial charge in [0.15, 0.2) is 11.5 Å². The van der Waals surface area contributed by atoms with Crippen LogP contribution in [0.15, 0.2) is 60.7 Å². The second-order valence-electron chi connectivity index (χ2n) is 7.72. The summed E-state index contributed by atoms with van der Waals surface area (Å²) in [6.07, 6.45) is 2.92. The minimum Gasteiger partial charge on any atom is -0.493 e. The van der Waals surface area contributed by atoms with Crippen LogP contribution < -0.4 is 9.47 Å². The highest BCUT2D eigenvalue weighted by Crippen LogP contribution is 2.31. The van der Waals surface area contributed by atoms with Gasteiger partial charge in [-0.3, -0.25) is 34.7 Å². The van der Waals surface area contributed by atoms with E-state index in [0.29, 0.717) is 5.56 Å². The van der Waals surface area contributed by atoms with Gasteiger partial charge in [-0.2, -0.15) is 0 Å². The number of esters is 1. The predicted octanol–water partition coefficient (Wildman–Crippen LogP) is 3.88. The molecule has 1 aliphatic heterocycles. The number of carbonyl (C=O) groups is 3.